The van der Waals surface area contributed by atoms with Crippen LogP contribution in [0.25, 0.3) is 5.57 Å². The summed E-state index contributed by atoms with van der Waals surface area (Å²) < 4.78 is 0. The van der Waals surface area contributed by atoms with Crippen LogP contribution in [0.15, 0.2) is 48.2 Å². The number of piperazine rings is 1. The van der Waals surface area contributed by atoms with Crippen LogP contribution in [0.1, 0.15) is 36.1 Å². The van der Waals surface area contributed by atoms with Crippen molar-refractivity contribution in [2.24, 2.45) is 5.92 Å². The Balaban J connectivity index is 1.66. The van der Waals surface area contributed by atoms with Gasteiger partial charge in [-0.3, -0.25) is 14.5 Å². The number of amides is 2. The number of hydrogen-bond acceptors (Lipinski definition) is 4. The van der Waals surface area contributed by atoms with E-state index in [1.54, 1.807) is 0 Å². The molecule has 2 aromatic rings. The third-order valence-electron chi connectivity index (χ3n) is 6.45. The van der Waals surface area contributed by atoms with Crippen LogP contribution in [-0.2, 0) is 9.59 Å². The summed E-state index contributed by atoms with van der Waals surface area (Å²) in [6.07, 6.45) is 0. The predicted molar refractivity (Wildman–Crippen MR) is 129 cm³/mol. The lowest BCUT2D eigenvalue weighted by atomic mass is 9.99. The lowest BCUT2D eigenvalue weighted by molar-refractivity contribution is -0.138. The summed E-state index contributed by atoms with van der Waals surface area (Å²) in [5.41, 5.74) is 6.73. The number of nitrogens with zero attached hydrogens (tertiary/aromatic N) is 3. The highest BCUT2D eigenvalue weighted by molar-refractivity contribution is 6.35. The van der Waals surface area contributed by atoms with Gasteiger partial charge in [0.1, 0.15) is 5.70 Å². The molecular formula is C27H33N3O2. The van der Waals surface area contributed by atoms with Gasteiger partial charge in [-0.15, -0.1) is 0 Å². The SMILES string of the molecule is Cc1cccc(N2CCN(C3=C(c4ccc(C)c(C)c4)C(=O)N(CC(C)C)C3=O)CC2)c1. The average Bonchev–Trinajstić information content (AvgIpc) is 3.00. The van der Waals surface area contributed by atoms with Crippen molar-refractivity contribution in [1.29, 1.82) is 0 Å². The number of carbonyl (C=O) groups excluding carboxylic acids is 2. The van der Waals surface area contributed by atoms with Gasteiger partial charge in [0.25, 0.3) is 11.8 Å². The van der Waals surface area contributed by atoms with Gasteiger partial charge >= 0.3 is 0 Å². The Kier molecular flexibility index (Phi) is 6.09. The van der Waals surface area contributed by atoms with E-state index in [0.717, 1.165) is 24.2 Å². The molecule has 5 heteroatoms. The third-order valence-corrected chi connectivity index (χ3v) is 6.45. The summed E-state index contributed by atoms with van der Waals surface area (Å²) in [5, 5.41) is 0. The van der Waals surface area contributed by atoms with Crippen molar-refractivity contribution in [1.82, 2.24) is 9.80 Å². The maximum absolute atomic E-state index is 13.5. The fourth-order valence-corrected chi connectivity index (χ4v) is 4.56. The quantitative estimate of drug-likeness (QED) is 0.667. The minimum atomic E-state index is -0.164. The first-order valence-electron chi connectivity index (χ1n) is 11.5. The molecule has 0 unspecified atom stereocenters. The first-order chi connectivity index (χ1) is 15.3. The Labute approximate surface area is 191 Å². The second-order valence-electron chi connectivity index (χ2n) is 9.45. The van der Waals surface area contributed by atoms with E-state index in [9.17, 15) is 9.59 Å². The number of aryl methyl sites for hydroxylation is 3. The molecule has 2 amide bonds. The van der Waals surface area contributed by atoms with E-state index < -0.39 is 0 Å². The molecule has 168 valence electrons. The van der Waals surface area contributed by atoms with Gasteiger partial charge in [0, 0.05) is 38.4 Å². The van der Waals surface area contributed by atoms with E-state index in [-0.39, 0.29) is 17.7 Å². The zero-order chi connectivity index (χ0) is 23.0. The van der Waals surface area contributed by atoms with Crippen LogP contribution < -0.4 is 4.90 Å². The highest BCUT2D eigenvalue weighted by Gasteiger charge is 2.42. The molecule has 2 aliphatic rings. The van der Waals surface area contributed by atoms with Gasteiger partial charge in [-0.1, -0.05) is 44.2 Å². The van der Waals surface area contributed by atoms with Crippen LogP contribution in [0, 0.1) is 26.7 Å². The maximum Gasteiger partial charge on any atom is 0.277 e. The molecule has 0 saturated carbocycles. The van der Waals surface area contributed by atoms with E-state index in [0.29, 0.717) is 30.9 Å². The standard InChI is InChI=1S/C27H33N3O2/c1-18(2)17-30-26(31)24(22-10-9-20(4)21(5)16-22)25(27(30)32)29-13-11-28(12-14-29)23-8-6-7-19(3)15-23/h6-10,15-16,18H,11-14,17H2,1-5H3. The van der Waals surface area contributed by atoms with Crippen molar-refractivity contribution in [2.45, 2.75) is 34.6 Å². The van der Waals surface area contributed by atoms with Gasteiger partial charge in [0.15, 0.2) is 0 Å². The average molecular weight is 432 g/mol. The van der Waals surface area contributed by atoms with Crippen molar-refractivity contribution in [3.63, 3.8) is 0 Å². The van der Waals surface area contributed by atoms with E-state index in [1.807, 2.05) is 39.0 Å². The molecule has 0 atom stereocenters. The van der Waals surface area contributed by atoms with Crippen molar-refractivity contribution < 1.29 is 9.59 Å². The summed E-state index contributed by atoms with van der Waals surface area (Å²) in [6, 6.07) is 14.6. The second-order valence-corrected chi connectivity index (χ2v) is 9.45. The maximum atomic E-state index is 13.5. The Bertz CT molecular complexity index is 1080. The minimum absolute atomic E-state index is 0.152. The van der Waals surface area contributed by atoms with Crippen LogP contribution >= 0.6 is 0 Å². The van der Waals surface area contributed by atoms with Gasteiger partial charge < -0.3 is 9.80 Å². The predicted octanol–water partition coefficient (Wildman–Crippen LogP) is 4.17. The molecule has 0 spiro atoms. The van der Waals surface area contributed by atoms with E-state index >= 15 is 0 Å². The van der Waals surface area contributed by atoms with Crippen LogP contribution in [0.2, 0.25) is 0 Å². The topological polar surface area (TPSA) is 43.9 Å². The Morgan fingerprint density at radius 3 is 2.12 bits per heavy atom. The van der Waals surface area contributed by atoms with Crippen LogP contribution in [0.5, 0.6) is 0 Å². The minimum Gasteiger partial charge on any atom is -0.368 e. The number of carbonyl (C=O) groups is 2. The summed E-state index contributed by atoms with van der Waals surface area (Å²) >= 11 is 0. The normalized spacial score (nSPS) is 17.2. The zero-order valence-corrected chi connectivity index (χ0v) is 19.8. The van der Waals surface area contributed by atoms with Gasteiger partial charge in [-0.2, -0.15) is 0 Å². The van der Waals surface area contributed by atoms with Crippen molar-refractivity contribution in [2.75, 3.05) is 37.6 Å². The van der Waals surface area contributed by atoms with Crippen LogP contribution in [-0.4, -0.2) is 54.3 Å². The molecule has 0 radical (unpaired) electrons. The molecule has 2 aliphatic heterocycles. The Morgan fingerprint density at radius 2 is 1.50 bits per heavy atom. The molecule has 4 rings (SSSR count). The summed E-state index contributed by atoms with van der Waals surface area (Å²) in [6.45, 7) is 13.8. The van der Waals surface area contributed by atoms with Crippen molar-refractivity contribution in [3.05, 3.63) is 70.4 Å². The van der Waals surface area contributed by atoms with Crippen LogP contribution in [0.4, 0.5) is 5.69 Å². The fraction of sp³-hybridized carbons (Fsp3) is 0.407. The number of hydrogen-bond donors (Lipinski definition) is 0. The first kappa shape index (κ1) is 22.1. The number of imide groups is 1. The highest BCUT2D eigenvalue weighted by Crippen LogP contribution is 2.34. The van der Waals surface area contributed by atoms with Crippen molar-refractivity contribution >= 4 is 23.1 Å². The van der Waals surface area contributed by atoms with Gasteiger partial charge in [-0.25, -0.2) is 0 Å². The van der Waals surface area contributed by atoms with Gasteiger partial charge in [0.2, 0.25) is 0 Å². The number of anilines is 1. The lowest BCUT2D eigenvalue weighted by Crippen LogP contribution is -2.47. The smallest absolute Gasteiger partial charge is 0.277 e. The lowest BCUT2D eigenvalue weighted by Gasteiger charge is -2.38. The fourth-order valence-electron chi connectivity index (χ4n) is 4.56. The summed E-state index contributed by atoms with van der Waals surface area (Å²) in [7, 11) is 0. The molecule has 0 bridgehead atoms. The Morgan fingerprint density at radius 1 is 0.812 bits per heavy atom. The zero-order valence-electron chi connectivity index (χ0n) is 19.8. The molecule has 1 saturated heterocycles. The number of benzene rings is 2. The molecule has 2 heterocycles. The van der Waals surface area contributed by atoms with Gasteiger partial charge in [0.05, 0.1) is 5.57 Å². The second kappa shape index (κ2) is 8.81. The molecule has 5 nitrogen and oxygen atoms in total. The largest absolute Gasteiger partial charge is 0.368 e. The molecule has 2 aromatic carbocycles. The molecule has 1 fully saturated rings. The van der Waals surface area contributed by atoms with Crippen molar-refractivity contribution in [3.8, 4) is 0 Å². The van der Waals surface area contributed by atoms with E-state index in [4.69, 9.17) is 0 Å². The van der Waals surface area contributed by atoms with E-state index in [1.165, 1.54) is 21.7 Å². The summed E-state index contributed by atoms with van der Waals surface area (Å²) in [5.74, 6) is -0.0922. The Hall–Kier alpha value is -3.08. The molecule has 0 aliphatic carbocycles. The molecule has 0 aromatic heterocycles. The highest BCUT2D eigenvalue weighted by atomic mass is 16.2. The summed E-state index contributed by atoms with van der Waals surface area (Å²) in [4.78, 5) is 32.8. The third kappa shape index (κ3) is 4.16. The molecule has 0 N–H and O–H groups in total. The van der Waals surface area contributed by atoms with Gasteiger partial charge in [-0.05, 0) is 61.1 Å². The number of rotatable bonds is 5. The van der Waals surface area contributed by atoms with E-state index in [2.05, 4.69) is 47.9 Å². The molecular weight excluding hydrogens is 398 g/mol. The van der Waals surface area contributed by atoms with Crippen LogP contribution in [0.3, 0.4) is 0 Å². The first-order valence-corrected chi connectivity index (χ1v) is 11.5. The molecule has 32 heavy (non-hydrogen) atoms. The monoisotopic (exact) mass is 431 g/mol.